The molecule has 5 nitrogen and oxygen atoms in total. The summed E-state index contributed by atoms with van der Waals surface area (Å²) in [5.74, 6) is 0.518. The minimum Gasteiger partial charge on any atom is -0.348 e. The average Bonchev–Trinajstić information content (AvgIpc) is 2.75. The highest BCUT2D eigenvalue weighted by Gasteiger charge is 2.41. The zero-order valence-corrected chi connectivity index (χ0v) is 13.6. The number of hydrogen-bond acceptors (Lipinski definition) is 5. The van der Waals surface area contributed by atoms with Gasteiger partial charge in [-0.05, 0) is 38.8 Å². The van der Waals surface area contributed by atoms with Gasteiger partial charge in [-0.2, -0.15) is 0 Å². The third kappa shape index (κ3) is 4.41. The first-order chi connectivity index (χ1) is 9.28. The lowest BCUT2D eigenvalue weighted by Gasteiger charge is -2.39. The minimum atomic E-state index is -2.87. The molecule has 0 aliphatic carbocycles. The summed E-state index contributed by atoms with van der Waals surface area (Å²) in [7, 11) is -2.87. The molecule has 0 amide bonds. The number of hydrogen-bond donors (Lipinski definition) is 0. The fourth-order valence-electron chi connectivity index (χ4n) is 3.42. The van der Waals surface area contributed by atoms with Gasteiger partial charge in [-0.25, -0.2) is 8.42 Å². The molecule has 2 fully saturated rings. The van der Waals surface area contributed by atoms with Crippen LogP contribution < -0.4 is 0 Å². The molecule has 0 radical (unpaired) electrons. The van der Waals surface area contributed by atoms with E-state index >= 15 is 0 Å². The van der Waals surface area contributed by atoms with Crippen LogP contribution in [0, 0.1) is 11.8 Å². The Kier molecular flexibility index (Phi) is 5.10. The molecule has 118 valence electrons. The molecule has 1 atom stereocenters. The number of sulfone groups is 1. The van der Waals surface area contributed by atoms with Gasteiger partial charge < -0.3 is 14.4 Å². The third-order valence-electron chi connectivity index (χ3n) is 4.35. The Balaban J connectivity index is 1.77. The van der Waals surface area contributed by atoms with Gasteiger partial charge in [-0.3, -0.25) is 0 Å². The lowest BCUT2D eigenvalue weighted by Crippen LogP contribution is -2.45. The van der Waals surface area contributed by atoms with Crippen molar-refractivity contribution in [2.75, 3.05) is 44.9 Å². The summed E-state index contributed by atoms with van der Waals surface area (Å²) < 4.78 is 34.1. The molecule has 0 N–H and O–H groups in total. The molecule has 0 bridgehead atoms. The van der Waals surface area contributed by atoms with Crippen molar-refractivity contribution in [3.63, 3.8) is 0 Å². The van der Waals surface area contributed by atoms with Crippen LogP contribution in [0.5, 0.6) is 0 Å². The molecule has 0 spiro atoms. The van der Waals surface area contributed by atoms with Crippen LogP contribution in [0.3, 0.4) is 0 Å². The molecule has 6 heteroatoms. The normalized spacial score (nSPS) is 26.8. The zero-order valence-electron chi connectivity index (χ0n) is 12.8. The predicted molar refractivity (Wildman–Crippen MR) is 78.3 cm³/mol. The summed E-state index contributed by atoms with van der Waals surface area (Å²) >= 11 is 0. The molecule has 2 aliphatic rings. The van der Waals surface area contributed by atoms with E-state index in [1.807, 2.05) is 13.8 Å². The maximum absolute atomic E-state index is 11.3. The maximum Gasteiger partial charge on any atom is 0.168 e. The van der Waals surface area contributed by atoms with Crippen molar-refractivity contribution in [2.45, 2.75) is 32.5 Å². The summed E-state index contributed by atoms with van der Waals surface area (Å²) in [6.07, 6.45) is 3.43. The summed E-state index contributed by atoms with van der Waals surface area (Å²) in [5, 5.41) is 0. The lowest BCUT2D eigenvalue weighted by atomic mass is 9.89. The molecule has 0 saturated carbocycles. The third-order valence-corrected chi connectivity index (χ3v) is 5.52. The van der Waals surface area contributed by atoms with Crippen LogP contribution in [0.1, 0.15) is 26.7 Å². The van der Waals surface area contributed by atoms with Crippen molar-refractivity contribution in [1.82, 2.24) is 4.90 Å². The molecule has 20 heavy (non-hydrogen) atoms. The summed E-state index contributed by atoms with van der Waals surface area (Å²) in [6.45, 7) is 8.31. The van der Waals surface area contributed by atoms with Gasteiger partial charge >= 0.3 is 0 Å². The molecular formula is C14H27NO4S. The molecule has 0 aromatic carbocycles. The van der Waals surface area contributed by atoms with Crippen molar-refractivity contribution in [2.24, 2.45) is 11.8 Å². The molecule has 0 aromatic heterocycles. The lowest BCUT2D eigenvalue weighted by molar-refractivity contribution is -0.190. The van der Waals surface area contributed by atoms with Crippen molar-refractivity contribution in [3.8, 4) is 0 Å². The number of nitrogens with zero attached hydrogens (tertiary/aromatic N) is 1. The highest BCUT2D eigenvalue weighted by Crippen LogP contribution is 2.35. The Morgan fingerprint density at radius 3 is 2.30 bits per heavy atom. The van der Waals surface area contributed by atoms with Gasteiger partial charge in [-0.15, -0.1) is 0 Å². The van der Waals surface area contributed by atoms with Crippen LogP contribution in [-0.4, -0.2) is 64.0 Å². The van der Waals surface area contributed by atoms with Crippen LogP contribution >= 0.6 is 0 Å². The van der Waals surface area contributed by atoms with Gasteiger partial charge in [0.15, 0.2) is 5.79 Å². The average molecular weight is 305 g/mol. The highest BCUT2D eigenvalue weighted by molar-refractivity contribution is 7.90. The van der Waals surface area contributed by atoms with Crippen LogP contribution in [0.15, 0.2) is 0 Å². The van der Waals surface area contributed by atoms with Crippen molar-refractivity contribution >= 4 is 9.84 Å². The van der Waals surface area contributed by atoms with E-state index < -0.39 is 15.6 Å². The Morgan fingerprint density at radius 2 is 1.80 bits per heavy atom. The highest BCUT2D eigenvalue weighted by atomic mass is 32.2. The van der Waals surface area contributed by atoms with Gasteiger partial charge in [0.1, 0.15) is 9.84 Å². The van der Waals surface area contributed by atoms with Crippen LogP contribution in [0.2, 0.25) is 0 Å². The predicted octanol–water partition coefficient (Wildman–Crippen LogP) is 1.14. The van der Waals surface area contributed by atoms with Gasteiger partial charge in [-0.1, -0.05) is 6.92 Å². The van der Waals surface area contributed by atoms with Gasteiger partial charge in [0, 0.05) is 18.7 Å². The molecule has 2 aliphatic heterocycles. The van der Waals surface area contributed by atoms with Crippen molar-refractivity contribution in [3.05, 3.63) is 0 Å². The van der Waals surface area contributed by atoms with E-state index in [1.165, 1.54) is 6.26 Å². The first kappa shape index (κ1) is 16.2. The van der Waals surface area contributed by atoms with E-state index in [0.29, 0.717) is 19.1 Å². The summed E-state index contributed by atoms with van der Waals surface area (Å²) in [5.41, 5.74) is 0. The first-order valence-electron chi connectivity index (χ1n) is 7.46. The summed E-state index contributed by atoms with van der Waals surface area (Å²) in [6, 6.07) is 0. The molecule has 2 heterocycles. The Bertz CT molecular complexity index is 409. The van der Waals surface area contributed by atoms with Crippen molar-refractivity contribution < 1.29 is 17.9 Å². The second kappa shape index (κ2) is 6.30. The van der Waals surface area contributed by atoms with E-state index in [9.17, 15) is 8.42 Å². The second-order valence-electron chi connectivity index (χ2n) is 6.49. The largest absolute Gasteiger partial charge is 0.348 e. The summed E-state index contributed by atoms with van der Waals surface area (Å²) in [4.78, 5) is 2.37. The Morgan fingerprint density at radius 1 is 1.25 bits per heavy atom. The fraction of sp³-hybridized carbons (Fsp3) is 1.00. The molecular weight excluding hydrogens is 278 g/mol. The molecule has 0 unspecified atom stereocenters. The smallest absolute Gasteiger partial charge is 0.168 e. The van der Waals surface area contributed by atoms with Gasteiger partial charge in [0.05, 0.1) is 19.0 Å². The quantitative estimate of drug-likeness (QED) is 0.762. The van der Waals surface area contributed by atoms with Gasteiger partial charge in [0.2, 0.25) is 0 Å². The van der Waals surface area contributed by atoms with Gasteiger partial charge in [0.25, 0.3) is 0 Å². The standard InChI is InChI=1S/C14H27NO4S/c1-12(11-20(3,16)17)10-15-6-4-13(5-7-15)14(2)18-8-9-19-14/h12-13H,4-11H2,1-3H3/t12-/m0/s1. The van der Waals surface area contributed by atoms with Crippen LogP contribution in [0.25, 0.3) is 0 Å². The van der Waals surface area contributed by atoms with Crippen molar-refractivity contribution in [1.29, 1.82) is 0 Å². The number of ether oxygens (including phenoxy) is 2. The number of likely N-dealkylation sites (tertiary alicyclic amines) is 1. The fourth-order valence-corrected chi connectivity index (χ4v) is 4.56. The number of piperidine rings is 1. The first-order valence-corrected chi connectivity index (χ1v) is 9.52. The number of rotatable bonds is 5. The zero-order chi connectivity index (χ0) is 14.8. The maximum atomic E-state index is 11.3. The van der Waals surface area contributed by atoms with E-state index in [1.54, 1.807) is 0 Å². The van der Waals surface area contributed by atoms with Crippen LogP contribution in [-0.2, 0) is 19.3 Å². The van der Waals surface area contributed by atoms with E-state index in [0.717, 1.165) is 32.5 Å². The van der Waals surface area contributed by atoms with Crippen LogP contribution in [0.4, 0.5) is 0 Å². The molecule has 2 rings (SSSR count). The molecule has 2 saturated heterocycles. The topological polar surface area (TPSA) is 55.8 Å². The SMILES string of the molecule is C[C@@H](CN1CCC(C2(C)OCCO2)CC1)CS(C)(=O)=O. The van der Waals surface area contributed by atoms with E-state index in [2.05, 4.69) is 4.90 Å². The van der Waals surface area contributed by atoms with E-state index in [4.69, 9.17) is 9.47 Å². The van der Waals surface area contributed by atoms with E-state index in [-0.39, 0.29) is 11.7 Å². The Labute approximate surface area is 122 Å². The monoisotopic (exact) mass is 305 g/mol. The molecule has 0 aromatic rings. The Hall–Kier alpha value is -0.170. The second-order valence-corrected chi connectivity index (χ2v) is 8.67. The minimum absolute atomic E-state index is 0.191.